The number of fused-ring (bicyclic) bond motifs is 1. The van der Waals surface area contributed by atoms with Crippen LogP contribution in [-0.2, 0) is 18.4 Å². The van der Waals surface area contributed by atoms with Gasteiger partial charge in [0, 0.05) is 42.6 Å². The summed E-state index contributed by atoms with van der Waals surface area (Å²) in [4.78, 5) is 32.5. The molecule has 0 N–H and O–H groups in total. The van der Waals surface area contributed by atoms with Crippen molar-refractivity contribution in [2.24, 2.45) is 18.9 Å². The number of aromatic nitrogens is 4. The van der Waals surface area contributed by atoms with E-state index in [2.05, 4.69) is 21.0 Å². The average Bonchev–Trinajstić information content (AvgIpc) is 3.35. The Morgan fingerprint density at radius 2 is 1.97 bits per heavy atom. The van der Waals surface area contributed by atoms with E-state index in [0.717, 1.165) is 35.8 Å². The molecule has 1 aliphatic carbocycles. The van der Waals surface area contributed by atoms with E-state index in [1.54, 1.807) is 22.5 Å². The summed E-state index contributed by atoms with van der Waals surface area (Å²) in [6.07, 6.45) is 4.55. The lowest BCUT2D eigenvalue weighted by molar-refractivity contribution is -0.131. The van der Waals surface area contributed by atoms with E-state index in [1.165, 1.54) is 0 Å². The Hall–Kier alpha value is -2.48. The third kappa shape index (κ3) is 3.39. The molecule has 1 amide bonds. The first-order valence-electron chi connectivity index (χ1n) is 9.98. The molecule has 0 bridgehead atoms. The van der Waals surface area contributed by atoms with Crippen LogP contribution in [0.4, 0.5) is 0 Å². The molecular formula is C21H22BrN5O2. The lowest BCUT2D eigenvalue weighted by atomic mass is 10.1. The van der Waals surface area contributed by atoms with Crippen LogP contribution in [0.25, 0.3) is 22.4 Å². The van der Waals surface area contributed by atoms with Gasteiger partial charge in [-0.05, 0) is 37.3 Å². The third-order valence-corrected chi connectivity index (χ3v) is 6.45. The van der Waals surface area contributed by atoms with E-state index in [4.69, 9.17) is 4.98 Å². The Kier molecular flexibility index (Phi) is 4.53. The number of benzene rings is 1. The lowest BCUT2D eigenvalue weighted by Crippen LogP contribution is -2.32. The first kappa shape index (κ1) is 18.5. The van der Waals surface area contributed by atoms with Gasteiger partial charge >= 0.3 is 0 Å². The van der Waals surface area contributed by atoms with Gasteiger partial charge < -0.3 is 4.90 Å². The minimum Gasteiger partial charge on any atom is -0.342 e. The van der Waals surface area contributed by atoms with E-state index in [-0.39, 0.29) is 23.3 Å². The number of carbonyl (C=O) groups excluding carboxylic acids is 1. The standard InChI is InChI=1S/C21H22BrN5O2/c1-25-19-17(10-23-25)21(29)27(18(24-19)14-4-6-16(22)7-5-14)12-13-8-9-26(11-13)20(28)15-2-3-15/h4-7,10,13,15H,2-3,8-9,11-12H2,1H3. The smallest absolute Gasteiger partial charge is 0.264 e. The van der Waals surface area contributed by atoms with Gasteiger partial charge in [0.25, 0.3) is 5.56 Å². The van der Waals surface area contributed by atoms with Crippen LogP contribution in [0.5, 0.6) is 0 Å². The van der Waals surface area contributed by atoms with Crippen molar-refractivity contribution in [2.75, 3.05) is 13.1 Å². The maximum atomic E-state index is 13.3. The van der Waals surface area contributed by atoms with Crippen molar-refractivity contribution < 1.29 is 4.79 Å². The Balaban J connectivity index is 1.52. The van der Waals surface area contributed by atoms with Crippen LogP contribution < -0.4 is 5.56 Å². The third-order valence-electron chi connectivity index (χ3n) is 5.92. The number of aryl methyl sites for hydroxylation is 1. The molecular weight excluding hydrogens is 434 g/mol. The number of rotatable bonds is 4. The zero-order valence-electron chi connectivity index (χ0n) is 16.2. The summed E-state index contributed by atoms with van der Waals surface area (Å²) in [6, 6.07) is 7.82. The molecule has 1 unspecified atom stereocenters. The monoisotopic (exact) mass is 455 g/mol. The molecule has 0 spiro atoms. The first-order valence-corrected chi connectivity index (χ1v) is 10.8. The number of likely N-dealkylation sites (tertiary alicyclic amines) is 1. The second kappa shape index (κ2) is 7.09. The molecule has 7 nitrogen and oxygen atoms in total. The maximum absolute atomic E-state index is 13.3. The molecule has 5 rings (SSSR count). The predicted octanol–water partition coefficient (Wildman–Crippen LogP) is 2.82. The maximum Gasteiger partial charge on any atom is 0.264 e. The quantitative estimate of drug-likeness (QED) is 0.606. The fourth-order valence-electron chi connectivity index (χ4n) is 4.13. The molecule has 1 saturated heterocycles. The van der Waals surface area contributed by atoms with Gasteiger partial charge in [-0.25, -0.2) is 4.98 Å². The molecule has 2 fully saturated rings. The van der Waals surface area contributed by atoms with Crippen molar-refractivity contribution >= 4 is 32.9 Å². The summed E-state index contributed by atoms with van der Waals surface area (Å²) in [5.74, 6) is 1.42. The van der Waals surface area contributed by atoms with Crippen LogP contribution in [0.1, 0.15) is 19.3 Å². The van der Waals surface area contributed by atoms with E-state index in [1.807, 2.05) is 29.2 Å². The Morgan fingerprint density at radius 3 is 2.69 bits per heavy atom. The summed E-state index contributed by atoms with van der Waals surface area (Å²) in [5, 5.41) is 4.75. The Bertz CT molecular complexity index is 1150. The number of amides is 1. The molecule has 2 aromatic heterocycles. The largest absolute Gasteiger partial charge is 0.342 e. The predicted molar refractivity (Wildman–Crippen MR) is 113 cm³/mol. The summed E-state index contributed by atoms with van der Waals surface area (Å²) < 4.78 is 4.37. The van der Waals surface area contributed by atoms with Gasteiger partial charge in [-0.3, -0.25) is 18.8 Å². The zero-order valence-corrected chi connectivity index (χ0v) is 17.8. The molecule has 3 aromatic rings. The molecule has 1 atom stereocenters. The molecule has 2 aliphatic rings. The molecule has 29 heavy (non-hydrogen) atoms. The molecule has 3 heterocycles. The van der Waals surface area contributed by atoms with E-state index in [0.29, 0.717) is 29.9 Å². The topological polar surface area (TPSA) is 73.0 Å². The van der Waals surface area contributed by atoms with Crippen LogP contribution in [0, 0.1) is 11.8 Å². The number of hydrogen-bond donors (Lipinski definition) is 0. The second-order valence-electron chi connectivity index (χ2n) is 8.08. The highest BCUT2D eigenvalue weighted by Gasteiger charge is 2.36. The highest BCUT2D eigenvalue weighted by Crippen LogP contribution is 2.33. The van der Waals surface area contributed by atoms with Gasteiger partial charge in [0.05, 0.1) is 6.20 Å². The van der Waals surface area contributed by atoms with Gasteiger partial charge in [-0.15, -0.1) is 0 Å². The zero-order chi connectivity index (χ0) is 20.1. The number of halogens is 1. The van der Waals surface area contributed by atoms with Crippen LogP contribution in [0.2, 0.25) is 0 Å². The normalized spacial score (nSPS) is 19.2. The van der Waals surface area contributed by atoms with Crippen molar-refractivity contribution in [3.8, 4) is 11.4 Å². The minimum absolute atomic E-state index is 0.0759. The van der Waals surface area contributed by atoms with Gasteiger partial charge in [0.2, 0.25) is 5.91 Å². The fraction of sp³-hybridized carbons (Fsp3) is 0.429. The number of hydrogen-bond acceptors (Lipinski definition) is 4. The van der Waals surface area contributed by atoms with E-state index in [9.17, 15) is 9.59 Å². The van der Waals surface area contributed by atoms with Crippen molar-refractivity contribution in [1.82, 2.24) is 24.2 Å². The van der Waals surface area contributed by atoms with Crippen LogP contribution in [-0.4, -0.2) is 43.2 Å². The summed E-state index contributed by atoms with van der Waals surface area (Å²) >= 11 is 3.46. The first-order chi connectivity index (χ1) is 14.0. The van der Waals surface area contributed by atoms with Crippen LogP contribution in [0.3, 0.4) is 0 Å². The molecule has 0 radical (unpaired) electrons. The van der Waals surface area contributed by atoms with Crippen molar-refractivity contribution in [2.45, 2.75) is 25.8 Å². The Labute approximate surface area is 176 Å². The summed E-state index contributed by atoms with van der Waals surface area (Å²) in [7, 11) is 1.79. The summed E-state index contributed by atoms with van der Waals surface area (Å²) in [5.41, 5.74) is 1.39. The van der Waals surface area contributed by atoms with Gasteiger partial charge in [-0.2, -0.15) is 5.10 Å². The van der Waals surface area contributed by atoms with Crippen molar-refractivity contribution in [3.63, 3.8) is 0 Å². The molecule has 150 valence electrons. The molecule has 1 aromatic carbocycles. The SMILES string of the molecule is Cn1ncc2c(=O)n(CC3CCN(C(=O)C4CC4)C3)c(-c3ccc(Br)cc3)nc21. The van der Waals surface area contributed by atoms with E-state index < -0.39 is 0 Å². The molecule has 1 saturated carbocycles. The molecule has 8 heteroatoms. The van der Waals surface area contributed by atoms with Gasteiger partial charge in [0.15, 0.2) is 5.65 Å². The van der Waals surface area contributed by atoms with E-state index >= 15 is 0 Å². The average molecular weight is 456 g/mol. The lowest BCUT2D eigenvalue weighted by Gasteiger charge is -2.18. The second-order valence-corrected chi connectivity index (χ2v) is 8.99. The highest BCUT2D eigenvalue weighted by atomic mass is 79.9. The van der Waals surface area contributed by atoms with Gasteiger partial charge in [0.1, 0.15) is 11.2 Å². The van der Waals surface area contributed by atoms with Crippen molar-refractivity contribution in [1.29, 1.82) is 0 Å². The van der Waals surface area contributed by atoms with Gasteiger partial charge in [-0.1, -0.05) is 28.1 Å². The fourth-order valence-corrected chi connectivity index (χ4v) is 4.40. The van der Waals surface area contributed by atoms with Crippen molar-refractivity contribution in [3.05, 3.63) is 45.3 Å². The number of nitrogens with zero attached hydrogens (tertiary/aromatic N) is 5. The highest BCUT2D eigenvalue weighted by molar-refractivity contribution is 9.10. The molecule has 1 aliphatic heterocycles. The van der Waals surface area contributed by atoms with Crippen LogP contribution in [0.15, 0.2) is 39.7 Å². The number of carbonyl (C=O) groups is 1. The van der Waals surface area contributed by atoms with Crippen LogP contribution >= 0.6 is 15.9 Å². The Morgan fingerprint density at radius 1 is 1.21 bits per heavy atom. The summed E-state index contributed by atoms with van der Waals surface area (Å²) in [6.45, 7) is 2.05. The minimum atomic E-state index is -0.0759.